The van der Waals surface area contributed by atoms with Crippen molar-refractivity contribution in [3.05, 3.63) is 82.4 Å². The predicted octanol–water partition coefficient (Wildman–Crippen LogP) is 4.99. The zero-order valence-corrected chi connectivity index (χ0v) is 27.4. The molecule has 5 heterocycles. The lowest BCUT2D eigenvalue weighted by molar-refractivity contribution is -0.147. The van der Waals surface area contributed by atoms with Gasteiger partial charge in [0, 0.05) is 43.6 Å². The van der Waals surface area contributed by atoms with Crippen molar-refractivity contribution < 1.29 is 27.8 Å². The van der Waals surface area contributed by atoms with Crippen molar-refractivity contribution in [2.45, 2.75) is 82.3 Å². The second-order valence-electron chi connectivity index (χ2n) is 13.5. The lowest BCUT2D eigenvalue weighted by atomic mass is 9.70. The van der Waals surface area contributed by atoms with Gasteiger partial charge in [0.15, 0.2) is 5.65 Å². The van der Waals surface area contributed by atoms with Crippen LogP contribution in [0.25, 0.3) is 5.65 Å². The van der Waals surface area contributed by atoms with Crippen molar-refractivity contribution in [1.29, 1.82) is 0 Å². The molecule has 46 heavy (non-hydrogen) atoms. The van der Waals surface area contributed by atoms with Crippen LogP contribution in [-0.4, -0.2) is 68.7 Å². The number of fused-ring (bicyclic) bond motifs is 2. The van der Waals surface area contributed by atoms with Crippen molar-refractivity contribution in [2.24, 2.45) is 5.41 Å². The van der Waals surface area contributed by atoms with Gasteiger partial charge < -0.3 is 14.6 Å². The zero-order valence-electron chi connectivity index (χ0n) is 26.6. The van der Waals surface area contributed by atoms with Crippen LogP contribution in [-0.2, 0) is 26.1 Å². The first-order valence-corrected chi connectivity index (χ1v) is 17.2. The number of sulfonamides is 1. The fraction of sp³-hybridized carbons (Fsp3) is 0.471. The third kappa shape index (κ3) is 5.16. The summed E-state index contributed by atoms with van der Waals surface area (Å²) in [6, 6.07) is 11.0. The van der Waals surface area contributed by atoms with Gasteiger partial charge in [0.2, 0.25) is 15.9 Å². The summed E-state index contributed by atoms with van der Waals surface area (Å²) in [5.74, 6) is -0.0131. The highest BCUT2D eigenvalue weighted by Gasteiger charge is 2.46. The van der Waals surface area contributed by atoms with E-state index in [1.807, 2.05) is 48.7 Å². The molecule has 7 rings (SSSR count). The number of carboxylic acid groups (broad SMARTS) is 1. The summed E-state index contributed by atoms with van der Waals surface area (Å²) in [5.41, 5.74) is 2.96. The Hall–Kier alpha value is -3.87. The van der Waals surface area contributed by atoms with Gasteiger partial charge in [-0.1, -0.05) is 18.2 Å². The van der Waals surface area contributed by atoms with E-state index >= 15 is 0 Å². The largest absolute Gasteiger partial charge is 0.481 e. The van der Waals surface area contributed by atoms with Gasteiger partial charge in [-0.05, 0) is 86.6 Å². The van der Waals surface area contributed by atoms with Crippen molar-refractivity contribution in [3.8, 4) is 5.88 Å². The number of carbonyl (C=O) groups is 1. The molecule has 1 N–H and O–H groups in total. The lowest BCUT2D eigenvalue weighted by Gasteiger charge is -2.38. The van der Waals surface area contributed by atoms with E-state index in [1.54, 1.807) is 26.1 Å². The first-order valence-electron chi connectivity index (χ1n) is 15.8. The summed E-state index contributed by atoms with van der Waals surface area (Å²) in [7, 11) is -3.97. The lowest BCUT2D eigenvalue weighted by Crippen LogP contribution is -2.50. The standard InChI is InChI=1S/C34H39N5O6S/c1-21-7-8-24(28(33(3,4)32(40)41)26-11-15-39-29(22(26)2)36-37-30(39)23-9-10-23)18-25(21)19-38-20-34(12-16-44-17-13-34)45-31-27(46(38,42)43)6-5-14-35-31/h5-8,11,14-15,18,23,28H,9-10,12-13,16-17,19-20H2,1-4H3,(H,40,41). The van der Waals surface area contributed by atoms with Gasteiger partial charge in [-0.3, -0.25) is 9.20 Å². The Morgan fingerprint density at radius 2 is 1.89 bits per heavy atom. The molecule has 1 atom stereocenters. The molecule has 1 saturated carbocycles. The maximum Gasteiger partial charge on any atom is 0.310 e. The Bertz CT molecular complexity index is 1940. The highest BCUT2D eigenvalue weighted by Crippen LogP contribution is 2.45. The molecule has 1 unspecified atom stereocenters. The number of nitrogens with zero attached hydrogens (tertiary/aromatic N) is 5. The number of aliphatic carboxylic acids is 1. The second-order valence-corrected chi connectivity index (χ2v) is 15.5. The molecule has 11 nitrogen and oxygen atoms in total. The Kier molecular flexibility index (Phi) is 7.45. The average molecular weight is 646 g/mol. The summed E-state index contributed by atoms with van der Waals surface area (Å²) in [6.45, 7) is 8.56. The number of ether oxygens (including phenoxy) is 2. The highest BCUT2D eigenvalue weighted by molar-refractivity contribution is 7.89. The van der Waals surface area contributed by atoms with Gasteiger partial charge >= 0.3 is 5.97 Å². The minimum atomic E-state index is -3.97. The van der Waals surface area contributed by atoms with Gasteiger partial charge in [0.05, 0.1) is 25.2 Å². The normalized spacial score (nSPS) is 20.2. The minimum Gasteiger partial charge on any atom is -0.481 e. The quantitative estimate of drug-likeness (QED) is 0.295. The van der Waals surface area contributed by atoms with E-state index in [0.717, 1.165) is 52.1 Å². The third-order valence-corrected chi connectivity index (χ3v) is 11.8. The number of pyridine rings is 2. The van der Waals surface area contributed by atoms with Crippen LogP contribution in [0.1, 0.15) is 85.0 Å². The summed E-state index contributed by atoms with van der Waals surface area (Å²) in [5, 5.41) is 19.5. The van der Waals surface area contributed by atoms with E-state index in [9.17, 15) is 18.3 Å². The molecular formula is C34H39N5O6S. The monoisotopic (exact) mass is 645 g/mol. The molecule has 0 bridgehead atoms. The van der Waals surface area contributed by atoms with Crippen LogP contribution in [0, 0.1) is 19.3 Å². The van der Waals surface area contributed by atoms with Gasteiger partial charge in [-0.25, -0.2) is 13.4 Å². The topological polar surface area (TPSA) is 136 Å². The highest BCUT2D eigenvalue weighted by atomic mass is 32.2. The van der Waals surface area contributed by atoms with Crippen molar-refractivity contribution in [3.63, 3.8) is 0 Å². The first-order chi connectivity index (χ1) is 21.9. The molecule has 3 aliphatic rings. The number of carboxylic acids is 1. The van der Waals surface area contributed by atoms with Crippen LogP contribution in [0.3, 0.4) is 0 Å². The molecule has 1 spiro atoms. The Morgan fingerprint density at radius 1 is 1.13 bits per heavy atom. The molecule has 1 aliphatic carbocycles. The Morgan fingerprint density at radius 3 is 2.61 bits per heavy atom. The number of hydrogen-bond donors (Lipinski definition) is 1. The van der Waals surface area contributed by atoms with Gasteiger partial charge in [0.1, 0.15) is 16.3 Å². The van der Waals surface area contributed by atoms with Crippen LogP contribution in [0.2, 0.25) is 0 Å². The Balaban J connectivity index is 1.32. The Labute approximate surface area is 268 Å². The van der Waals surface area contributed by atoms with Crippen molar-refractivity contribution >= 4 is 21.6 Å². The summed E-state index contributed by atoms with van der Waals surface area (Å²) in [6.07, 6.45) is 6.76. The van der Waals surface area contributed by atoms with E-state index in [1.165, 1.54) is 10.4 Å². The number of hydrogen-bond acceptors (Lipinski definition) is 8. The van der Waals surface area contributed by atoms with Crippen LogP contribution >= 0.6 is 0 Å². The molecule has 0 amide bonds. The molecule has 1 aromatic carbocycles. The van der Waals surface area contributed by atoms with Crippen LogP contribution < -0.4 is 4.74 Å². The SMILES string of the molecule is Cc1ccc(C(c2ccn3c(C4CC4)nnc3c2C)C(C)(C)C(=O)O)cc1CN1CC2(CCOCC2)Oc2ncccc2S1(=O)=O. The number of benzene rings is 1. The van der Waals surface area contributed by atoms with E-state index < -0.39 is 32.9 Å². The zero-order chi connectivity index (χ0) is 32.4. The van der Waals surface area contributed by atoms with Crippen LogP contribution in [0.4, 0.5) is 0 Å². The number of aromatic nitrogens is 4. The maximum absolute atomic E-state index is 14.2. The predicted molar refractivity (Wildman–Crippen MR) is 169 cm³/mol. The molecular weight excluding hydrogens is 606 g/mol. The van der Waals surface area contributed by atoms with E-state index in [2.05, 4.69) is 15.2 Å². The molecule has 12 heteroatoms. The summed E-state index contributed by atoms with van der Waals surface area (Å²) >= 11 is 0. The number of aryl methyl sites for hydroxylation is 2. The number of rotatable bonds is 7. The molecule has 0 radical (unpaired) electrons. The van der Waals surface area contributed by atoms with Gasteiger partial charge in [-0.2, -0.15) is 4.31 Å². The molecule has 4 aromatic rings. The van der Waals surface area contributed by atoms with E-state index in [4.69, 9.17) is 9.47 Å². The molecule has 2 aliphatic heterocycles. The summed E-state index contributed by atoms with van der Waals surface area (Å²) in [4.78, 5) is 17.2. The fourth-order valence-corrected chi connectivity index (χ4v) is 8.52. The van der Waals surface area contributed by atoms with Gasteiger partial charge in [0.25, 0.3) is 0 Å². The van der Waals surface area contributed by atoms with Crippen LogP contribution in [0.15, 0.2) is 53.7 Å². The fourth-order valence-electron chi connectivity index (χ4n) is 6.96. The van der Waals surface area contributed by atoms with E-state index in [0.29, 0.717) is 32.0 Å². The van der Waals surface area contributed by atoms with E-state index in [-0.39, 0.29) is 23.9 Å². The molecule has 242 valence electrons. The first kappa shape index (κ1) is 30.8. The molecule has 3 aromatic heterocycles. The smallest absolute Gasteiger partial charge is 0.310 e. The molecule has 1 saturated heterocycles. The molecule has 2 fully saturated rings. The van der Waals surface area contributed by atoms with Crippen molar-refractivity contribution in [2.75, 3.05) is 19.8 Å². The summed E-state index contributed by atoms with van der Waals surface area (Å²) < 4.78 is 43.8. The third-order valence-electron chi connectivity index (χ3n) is 10.0. The second kappa shape index (κ2) is 11.1. The minimum absolute atomic E-state index is 0.0415. The average Bonchev–Trinajstić information content (AvgIpc) is 3.78. The van der Waals surface area contributed by atoms with Gasteiger partial charge in [-0.15, -0.1) is 10.2 Å². The van der Waals surface area contributed by atoms with Crippen LogP contribution in [0.5, 0.6) is 5.88 Å². The maximum atomic E-state index is 14.2. The van der Waals surface area contributed by atoms with Crippen molar-refractivity contribution in [1.82, 2.24) is 23.9 Å².